The minimum atomic E-state index is 0.226. The van der Waals surface area contributed by atoms with Crippen molar-refractivity contribution in [1.82, 2.24) is 5.43 Å². The fraction of sp³-hybridized carbons (Fsp3) is 0.462. The Bertz CT molecular complexity index is 470. The maximum Gasteiger partial charge on any atom is 0.189 e. The highest BCUT2D eigenvalue weighted by Gasteiger charge is 2.28. The molecule has 0 aromatic carbocycles. The van der Waals surface area contributed by atoms with E-state index in [0.717, 1.165) is 18.6 Å². The van der Waals surface area contributed by atoms with Crippen molar-refractivity contribution in [3.05, 3.63) is 30.1 Å². The van der Waals surface area contributed by atoms with Crippen molar-refractivity contribution in [2.75, 3.05) is 0 Å². The van der Waals surface area contributed by atoms with Crippen molar-refractivity contribution in [3.63, 3.8) is 0 Å². The SMILES string of the molecule is C[n+]1ccccc1[C@@H]1CCCC/C1=N/NC(N)=S. The van der Waals surface area contributed by atoms with Gasteiger partial charge in [0.15, 0.2) is 17.0 Å². The van der Waals surface area contributed by atoms with E-state index in [-0.39, 0.29) is 5.11 Å². The molecule has 0 bridgehead atoms. The number of aromatic nitrogens is 1. The second-order valence-electron chi connectivity index (χ2n) is 4.61. The van der Waals surface area contributed by atoms with Gasteiger partial charge in [-0.05, 0) is 31.5 Å². The Morgan fingerprint density at radius 1 is 1.50 bits per heavy atom. The molecule has 1 heterocycles. The van der Waals surface area contributed by atoms with E-state index in [4.69, 9.17) is 18.0 Å². The molecule has 1 aromatic heterocycles. The van der Waals surface area contributed by atoms with Gasteiger partial charge in [-0.25, -0.2) is 4.57 Å². The minimum absolute atomic E-state index is 0.226. The Morgan fingerprint density at radius 3 is 3.06 bits per heavy atom. The number of hydrazone groups is 1. The van der Waals surface area contributed by atoms with Gasteiger partial charge in [0, 0.05) is 12.1 Å². The first kappa shape index (κ1) is 13.0. The predicted molar refractivity (Wildman–Crippen MR) is 76.2 cm³/mol. The van der Waals surface area contributed by atoms with E-state index >= 15 is 0 Å². The Kier molecular flexibility index (Phi) is 4.25. The van der Waals surface area contributed by atoms with Gasteiger partial charge in [-0.15, -0.1) is 0 Å². The number of nitrogens with one attached hydrogen (secondary N) is 1. The quantitative estimate of drug-likeness (QED) is 0.481. The van der Waals surface area contributed by atoms with Gasteiger partial charge >= 0.3 is 0 Å². The maximum absolute atomic E-state index is 5.43. The fourth-order valence-corrected chi connectivity index (χ4v) is 2.52. The van der Waals surface area contributed by atoms with Crippen LogP contribution in [-0.2, 0) is 7.05 Å². The molecule has 4 nitrogen and oxygen atoms in total. The van der Waals surface area contributed by atoms with Gasteiger partial charge in [0.25, 0.3) is 0 Å². The maximum atomic E-state index is 5.43. The van der Waals surface area contributed by atoms with Crippen LogP contribution in [-0.4, -0.2) is 10.8 Å². The van der Waals surface area contributed by atoms with Crippen molar-refractivity contribution in [2.45, 2.75) is 31.6 Å². The highest BCUT2D eigenvalue weighted by Crippen LogP contribution is 2.28. The van der Waals surface area contributed by atoms with Crippen LogP contribution in [0.15, 0.2) is 29.5 Å². The van der Waals surface area contributed by atoms with Crippen LogP contribution in [0, 0.1) is 0 Å². The van der Waals surface area contributed by atoms with Gasteiger partial charge in [0.2, 0.25) is 0 Å². The molecule has 1 aliphatic rings. The summed E-state index contributed by atoms with van der Waals surface area (Å²) < 4.78 is 2.16. The number of thiocarbonyl (C=S) groups is 1. The molecule has 0 spiro atoms. The van der Waals surface area contributed by atoms with Crippen molar-refractivity contribution in [3.8, 4) is 0 Å². The van der Waals surface area contributed by atoms with Crippen LogP contribution >= 0.6 is 12.2 Å². The van der Waals surface area contributed by atoms with E-state index in [0.29, 0.717) is 5.92 Å². The summed E-state index contributed by atoms with van der Waals surface area (Å²) in [6.45, 7) is 0. The van der Waals surface area contributed by atoms with Gasteiger partial charge in [-0.2, -0.15) is 5.10 Å². The molecule has 2 rings (SSSR count). The summed E-state index contributed by atoms with van der Waals surface area (Å²) in [7, 11) is 2.07. The van der Waals surface area contributed by atoms with E-state index in [1.54, 1.807) is 0 Å². The molecule has 1 aliphatic carbocycles. The first-order valence-electron chi connectivity index (χ1n) is 6.25. The fourth-order valence-electron chi connectivity index (χ4n) is 2.47. The first-order chi connectivity index (χ1) is 8.68. The predicted octanol–water partition coefficient (Wildman–Crippen LogP) is 1.36. The van der Waals surface area contributed by atoms with Gasteiger partial charge < -0.3 is 5.73 Å². The molecule has 5 heteroatoms. The van der Waals surface area contributed by atoms with E-state index in [9.17, 15) is 0 Å². The molecule has 1 saturated carbocycles. The summed E-state index contributed by atoms with van der Waals surface area (Å²) in [6.07, 6.45) is 6.64. The lowest BCUT2D eigenvalue weighted by molar-refractivity contribution is -0.679. The standard InChI is InChI=1S/C13H18N4S/c1-17-9-5-4-8-12(17)10-6-2-3-7-11(10)15-16-13(14)18/h4-5,8-10H,2-3,6-7H2,1H3,(H2-,14,16,18)/p+1/b15-11-/t10-/m1/s1. The number of nitrogens with two attached hydrogens (primary N) is 1. The molecule has 3 N–H and O–H groups in total. The molecule has 96 valence electrons. The third-order valence-corrected chi connectivity index (χ3v) is 3.43. The number of nitrogens with zero attached hydrogens (tertiary/aromatic N) is 2. The highest BCUT2D eigenvalue weighted by molar-refractivity contribution is 7.80. The lowest BCUT2D eigenvalue weighted by Crippen LogP contribution is -2.38. The Morgan fingerprint density at radius 2 is 2.33 bits per heavy atom. The molecule has 0 amide bonds. The van der Waals surface area contributed by atoms with E-state index in [2.05, 4.69) is 40.5 Å². The van der Waals surface area contributed by atoms with Crippen molar-refractivity contribution < 1.29 is 4.57 Å². The van der Waals surface area contributed by atoms with Crippen LogP contribution in [0.25, 0.3) is 0 Å². The summed E-state index contributed by atoms with van der Waals surface area (Å²) in [6, 6.07) is 6.27. The third kappa shape index (κ3) is 3.04. The zero-order chi connectivity index (χ0) is 13.0. The summed E-state index contributed by atoms with van der Waals surface area (Å²) in [4.78, 5) is 0. The Hall–Kier alpha value is -1.49. The van der Waals surface area contributed by atoms with Gasteiger partial charge in [-0.3, -0.25) is 5.43 Å². The third-order valence-electron chi connectivity index (χ3n) is 3.34. The second-order valence-corrected chi connectivity index (χ2v) is 5.05. The molecule has 0 aliphatic heterocycles. The van der Waals surface area contributed by atoms with Crippen molar-refractivity contribution in [1.29, 1.82) is 0 Å². The van der Waals surface area contributed by atoms with Crippen LogP contribution in [0.1, 0.15) is 37.3 Å². The summed E-state index contributed by atoms with van der Waals surface area (Å²) in [5, 5.41) is 4.59. The smallest absolute Gasteiger partial charge is 0.189 e. The normalized spacial score (nSPS) is 21.8. The Balaban J connectivity index is 2.26. The minimum Gasteiger partial charge on any atom is -0.375 e. The van der Waals surface area contributed by atoms with Crippen LogP contribution in [0.4, 0.5) is 0 Å². The molecule has 1 atom stereocenters. The van der Waals surface area contributed by atoms with Gasteiger partial charge in [0.1, 0.15) is 7.05 Å². The van der Waals surface area contributed by atoms with Crippen LogP contribution in [0.2, 0.25) is 0 Å². The molecule has 1 aromatic rings. The monoisotopic (exact) mass is 263 g/mol. The van der Waals surface area contributed by atoms with E-state index in [1.807, 2.05) is 6.07 Å². The average Bonchev–Trinajstić information content (AvgIpc) is 2.37. The Labute approximate surface area is 113 Å². The van der Waals surface area contributed by atoms with E-state index < -0.39 is 0 Å². The van der Waals surface area contributed by atoms with Crippen LogP contribution in [0.3, 0.4) is 0 Å². The summed E-state index contributed by atoms with van der Waals surface area (Å²) in [5.74, 6) is 0.367. The van der Waals surface area contributed by atoms with Crippen molar-refractivity contribution in [2.24, 2.45) is 17.9 Å². The number of aryl methyl sites for hydroxylation is 1. The van der Waals surface area contributed by atoms with Crippen LogP contribution < -0.4 is 15.7 Å². The molecule has 1 fully saturated rings. The van der Waals surface area contributed by atoms with Gasteiger partial charge in [-0.1, -0.05) is 12.5 Å². The van der Waals surface area contributed by atoms with Gasteiger partial charge in [0.05, 0.1) is 11.6 Å². The van der Waals surface area contributed by atoms with Crippen molar-refractivity contribution >= 4 is 23.0 Å². The molecule has 0 radical (unpaired) electrons. The number of hydrogen-bond donors (Lipinski definition) is 2. The lowest BCUT2D eigenvalue weighted by atomic mass is 9.84. The number of rotatable bonds is 2. The number of pyridine rings is 1. The lowest BCUT2D eigenvalue weighted by Gasteiger charge is -2.22. The number of hydrogen-bond acceptors (Lipinski definition) is 2. The summed E-state index contributed by atoms with van der Waals surface area (Å²) >= 11 is 4.80. The first-order valence-corrected chi connectivity index (χ1v) is 6.66. The molecular formula is C13H19N4S+. The molecule has 0 saturated heterocycles. The molecular weight excluding hydrogens is 244 g/mol. The van der Waals surface area contributed by atoms with Crippen LogP contribution in [0.5, 0.6) is 0 Å². The molecule has 0 unspecified atom stereocenters. The summed E-state index contributed by atoms with van der Waals surface area (Å²) in [5.41, 5.74) is 10.6. The zero-order valence-electron chi connectivity index (χ0n) is 10.6. The molecule has 18 heavy (non-hydrogen) atoms. The average molecular weight is 263 g/mol. The topological polar surface area (TPSA) is 54.3 Å². The largest absolute Gasteiger partial charge is 0.375 e. The highest BCUT2D eigenvalue weighted by atomic mass is 32.1. The zero-order valence-corrected chi connectivity index (χ0v) is 11.4. The second kappa shape index (κ2) is 5.91. The van der Waals surface area contributed by atoms with E-state index in [1.165, 1.54) is 18.5 Å².